The average Bonchev–Trinajstić information content (AvgIpc) is 2.65. The van der Waals surface area contributed by atoms with Crippen molar-refractivity contribution in [1.29, 1.82) is 0 Å². The molecule has 0 spiro atoms. The molecule has 0 saturated carbocycles. The van der Waals surface area contributed by atoms with Crippen molar-refractivity contribution in [3.05, 3.63) is 78.6 Å². The van der Waals surface area contributed by atoms with Crippen molar-refractivity contribution in [1.82, 2.24) is 9.97 Å². The predicted octanol–water partition coefficient (Wildman–Crippen LogP) is 0.109. The van der Waals surface area contributed by atoms with E-state index in [9.17, 15) is 0 Å². The topological polar surface area (TPSA) is 65.8 Å². The minimum absolute atomic E-state index is 0.691. The molecule has 3 N–H and O–H groups in total. The largest absolute Gasteiger partial charge is 0.410 e. The zero-order chi connectivity index (χ0) is 16.5. The van der Waals surface area contributed by atoms with E-state index in [4.69, 9.17) is 0 Å². The molecule has 0 aliphatic rings. The van der Waals surface area contributed by atoms with E-state index in [0.29, 0.717) is 6.42 Å². The maximum Gasteiger partial charge on any atom is 0.172 e. The van der Waals surface area contributed by atoms with Crippen LogP contribution in [0.15, 0.2) is 73.1 Å². The van der Waals surface area contributed by atoms with Crippen LogP contribution in [0, 0.1) is 0 Å². The predicted molar refractivity (Wildman–Crippen MR) is 93.5 cm³/mol. The summed E-state index contributed by atoms with van der Waals surface area (Å²) in [5.41, 5.74) is 2.10. The van der Waals surface area contributed by atoms with Crippen LogP contribution in [-0.4, -0.2) is 22.5 Å². The third-order valence-electron chi connectivity index (χ3n) is 3.19. The monoisotopic (exact) mass is 315 g/mol. The van der Waals surface area contributed by atoms with Gasteiger partial charge in [0, 0.05) is 0 Å². The van der Waals surface area contributed by atoms with Crippen molar-refractivity contribution in [3.63, 3.8) is 0 Å². The summed E-state index contributed by atoms with van der Waals surface area (Å²) in [5.74, 6) is 1.53. The van der Waals surface area contributed by atoms with Gasteiger partial charge in [0.05, 0.1) is 6.20 Å². The Labute approximate surface area is 140 Å². The normalized spacial score (nSPS) is 11.2. The fourth-order valence-electron chi connectivity index (χ4n) is 1.98. The van der Waals surface area contributed by atoms with Gasteiger partial charge in [0.1, 0.15) is 12.5 Å². The van der Waals surface area contributed by atoms with Crippen LogP contribution in [0.25, 0.3) is 0 Å². The number of benzene rings is 1. The van der Waals surface area contributed by atoms with Crippen LogP contribution in [0.5, 0.6) is 0 Å². The Kier molecular flexibility index (Phi) is 5.40. The Balaban J connectivity index is 1.52. The van der Waals surface area contributed by atoms with Crippen LogP contribution >= 0.6 is 0 Å². The number of anilines is 1. The van der Waals surface area contributed by atoms with Gasteiger partial charge in [0.15, 0.2) is 11.6 Å². The van der Waals surface area contributed by atoms with Crippen molar-refractivity contribution in [3.8, 4) is 0 Å². The van der Waals surface area contributed by atoms with Crippen molar-refractivity contribution in [2.24, 2.45) is 0 Å². The third-order valence-corrected chi connectivity index (χ3v) is 3.19. The van der Waals surface area contributed by atoms with Crippen LogP contribution in [0.4, 0.5) is 17.3 Å². The molecule has 0 saturated heterocycles. The average molecular weight is 315 g/mol. The quantitative estimate of drug-likeness (QED) is 0.262. The molecule has 5 nitrogen and oxygen atoms in total. The van der Waals surface area contributed by atoms with E-state index in [1.165, 1.54) is 0 Å². The molecule has 0 bridgehead atoms. The van der Waals surface area contributed by atoms with E-state index in [2.05, 4.69) is 37.8 Å². The number of aromatic nitrogens is 2. The molecule has 0 atom stereocenters. The van der Waals surface area contributed by atoms with Gasteiger partial charge in [-0.3, -0.25) is 0 Å². The summed E-state index contributed by atoms with van der Waals surface area (Å²) < 4.78 is 0. The van der Waals surface area contributed by atoms with Crippen molar-refractivity contribution >= 4 is 29.9 Å². The second-order valence-electron chi connectivity index (χ2n) is 4.98. The molecule has 1 aromatic carbocycles. The zero-order valence-electron chi connectivity index (χ0n) is 13.0. The lowest BCUT2D eigenvalue weighted by Crippen LogP contribution is -2.63. The minimum atomic E-state index is 0.691. The number of nitrogens with one attached hydrogen (secondary N) is 3. The zero-order valence-corrected chi connectivity index (χ0v) is 13.0. The molecule has 0 fully saturated rings. The molecule has 3 rings (SSSR count). The number of nitrogens with zero attached hydrogens (tertiary/aromatic N) is 2. The van der Waals surface area contributed by atoms with E-state index in [0.717, 1.165) is 22.9 Å². The molecular weight excluding hydrogens is 298 g/mol. The second kappa shape index (κ2) is 8.33. The molecule has 0 aliphatic carbocycles. The molecular formula is C19H17N5. The van der Waals surface area contributed by atoms with Gasteiger partial charge in [-0.25, -0.2) is 0 Å². The van der Waals surface area contributed by atoms with Crippen molar-refractivity contribution in [2.45, 2.75) is 6.42 Å². The molecule has 3 aromatic rings. The standard InChI is InChI=1S/C19H17N5/c1-3-12-20-18(5-1)22-14-11-16-7-9-17(10-8-16)23-15-24-19-6-2-4-13-21-19/h1-10,12-13,22-24H,11H2. The van der Waals surface area contributed by atoms with Crippen LogP contribution in [0.1, 0.15) is 5.56 Å². The van der Waals surface area contributed by atoms with Crippen LogP contribution in [-0.2, 0) is 6.42 Å². The minimum Gasteiger partial charge on any atom is -0.410 e. The van der Waals surface area contributed by atoms with E-state index < -0.39 is 0 Å². The first-order valence-electron chi connectivity index (χ1n) is 7.57. The lowest BCUT2D eigenvalue weighted by molar-refractivity contribution is -0.354. The first kappa shape index (κ1) is 15.6. The number of hydrogen-bond acceptors (Lipinski definition) is 2. The maximum absolute atomic E-state index is 4.18. The Morgan fingerprint density at radius 2 is 1.46 bits per heavy atom. The van der Waals surface area contributed by atoms with E-state index in [1.807, 2.05) is 60.7 Å². The molecule has 0 aliphatic heterocycles. The molecule has 118 valence electrons. The fourth-order valence-corrected chi connectivity index (χ4v) is 1.98. The van der Waals surface area contributed by atoms with Gasteiger partial charge >= 0.3 is 0 Å². The highest BCUT2D eigenvalue weighted by molar-refractivity contribution is 5.72. The summed E-state index contributed by atoms with van der Waals surface area (Å²) in [7, 11) is 0. The summed E-state index contributed by atoms with van der Waals surface area (Å²) in [5, 5.41) is 3.06. The molecule has 5 heteroatoms. The van der Waals surface area contributed by atoms with E-state index in [-0.39, 0.29) is 0 Å². The lowest BCUT2D eigenvalue weighted by atomic mass is 10.1. The summed E-state index contributed by atoms with van der Waals surface area (Å²) in [6.45, 7) is 0. The number of hydrogen-bond donors (Lipinski definition) is 3. The van der Waals surface area contributed by atoms with Gasteiger partial charge < -0.3 is 15.3 Å². The van der Waals surface area contributed by atoms with Gasteiger partial charge in [-0.05, 0) is 30.3 Å². The molecule has 2 aromatic heterocycles. The molecule has 0 radical (unpaired) electrons. The van der Waals surface area contributed by atoms with Crippen LogP contribution in [0.2, 0.25) is 0 Å². The Bertz CT molecular complexity index is 726. The summed E-state index contributed by atoms with van der Waals surface area (Å²) in [6, 6.07) is 19.4. The SMILES string of the molecule is [C-](Cc1ccc(N[C-]=[NH+]c2ccccn2)cc1)=[NH+]c1ccccn1. The summed E-state index contributed by atoms with van der Waals surface area (Å²) in [6.07, 6.45) is 10.2. The van der Waals surface area contributed by atoms with E-state index >= 15 is 0 Å². The Morgan fingerprint density at radius 3 is 2.08 bits per heavy atom. The highest BCUT2D eigenvalue weighted by Gasteiger charge is 1.90. The smallest absolute Gasteiger partial charge is 0.172 e. The van der Waals surface area contributed by atoms with Crippen molar-refractivity contribution in [2.75, 3.05) is 5.32 Å². The Morgan fingerprint density at radius 1 is 0.792 bits per heavy atom. The molecule has 0 amide bonds. The lowest BCUT2D eigenvalue weighted by Gasteiger charge is -2.05. The number of pyridine rings is 2. The van der Waals surface area contributed by atoms with Crippen LogP contribution < -0.4 is 15.3 Å². The second-order valence-corrected chi connectivity index (χ2v) is 4.98. The van der Waals surface area contributed by atoms with Gasteiger partial charge in [0.2, 0.25) is 0 Å². The third kappa shape index (κ3) is 4.84. The summed E-state index contributed by atoms with van der Waals surface area (Å²) >= 11 is 0. The van der Waals surface area contributed by atoms with Gasteiger partial charge in [-0.1, -0.05) is 54.2 Å². The van der Waals surface area contributed by atoms with E-state index in [1.54, 1.807) is 12.4 Å². The molecule has 0 unspecified atom stereocenters. The molecule has 2 heterocycles. The van der Waals surface area contributed by atoms with Crippen LogP contribution in [0.3, 0.4) is 0 Å². The fraction of sp³-hybridized carbons (Fsp3) is 0.0526. The first-order chi connectivity index (χ1) is 11.9. The molecule has 24 heavy (non-hydrogen) atoms. The first-order valence-corrected chi connectivity index (χ1v) is 7.57. The van der Waals surface area contributed by atoms with Gasteiger partial charge in [-0.15, -0.1) is 4.98 Å². The Hall–Kier alpha value is -3.34. The highest BCUT2D eigenvalue weighted by Crippen LogP contribution is 2.08. The van der Waals surface area contributed by atoms with Crippen molar-refractivity contribution < 1.29 is 9.98 Å². The van der Waals surface area contributed by atoms with Gasteiger partial charge in [0.25, 0.3) is 0 Å². The maximum atomic E-state index is 4.18. The highest BCUT2D eigenvalue weighted by atomic mass is 15.0. The van der Waals surface area contributed by atoms with Gasteiger partial charge in [-0.2, -0.15) is 4.98 Å². The summed E-state index contributed by atoms with van der Waals surface area (Å²) in [4.78, 5) is 14.3. The number of rotatable bonds is 6.